The average Bonchev–Trinajstić information content (AvgIpc) is 2.89. The molecule has 2 heteroatoms. The van der Waals surface area contributed by atoms with Crippen LogP contribution in [0.3, 0.4) is 0 Å². The van der Waals surface area contributed by atoms with Crippen LogP contribution in [0.1, 0.15) is 38.2 Å². The molecule has 0 bridgehead atoms. The molecule has 0 aliphatic rings. The van der Waals surface area contributed by atoms with Gasteiger partial charge in [0.2, 0.25) is 0 Å². The Kier molecular flexibility index (Phi) is 4.37. The van der Waals surface area contributed by atoms with E-state index >= 15 is 0 Å². The molecule has 1 aromatic carbocycles. The summed E-state index contributed by atoms with van der Waals surface area (Å²) in [6.07, 6.45) is 8.11. The number of aromatic nitrogens is 1. The van der Waals surface area contributed by atoms with Gasteiger partial charge in [0.1, 0.15) is 0 Å². The molecule has 0 spiro atoms. The van der Waals surface area contributed by atoms with Crippen molar-refractivity contribution < 1.29 is 4.52 Å². The maximum absolute atomic E-state index is 5.12. The maximum Gasteiger partial charge on any atom is 0.166 e. The van der Waals surface area contributed by atoms with Crippen LogP contribution in [0.15, 0.2) is 41.1 Å². The highest BCUT2D eigenvalue weighted by atomic mass is 16.5. The van der Waals surface area contributed by atoms with Crippen LogP contribution in [0, 0.1) is 0 Å². The first-order valence-electron chi connectivity index (χ1n) is 6.40. The second kappa shape index (κ2) is 6.24. The number of nitrogens with zero attached hydrogens (tertiary/aromatic N) is 1. The Morgan fingerprint density at radius 1 is 1.00 bits per heavy atom. The van der Waals surface area contributed by atoms with E-state index in [1.54, 1.807) is 6.20 Å². The Morgan fingerprint density at radius 3 is 2.47 bits per heavy atom. The summed E-state index contributed by atoms with van der Waals surface area (Å²) in [4.78, 5) is 0. The van der Waals surface area contributed by atoms with Gasteiger partial charge < -0.3 is 4.52 Å². The van der Waals surface area contributed by atoms with E-state index in [1.807, 2.05) is 6.07 Å². The summed E-state index contributed by atoms with van der Waals surface area (Å²) >= 11 is 0. The van der Waals surface area contributed by atoms with Crippen LogP contribution in [-0.4, -0.2) is 5.16 Å². The number of aryl methyl sites for hydroxylation is 1. The van der Waals surface area contributed by atoms with Gasteiger partial charge in [-0.3, -0.25) is 0 Å². The SMILES string of the molecule is CCCCCCc1ccc(-c2ccno2)cc1. The number of rotatable bonds is 6. The molecule has 1 heterocycles. The summed E-state index contributed by atoms with van der Waals surface area (Å²) in [5.41, 5.74) is 2.50. The van der Waals surface area contributed by atoms with Gasteiger partial charge in [0, 0.05) is 11.6 Å². The third kappa shape index (κ3) is 3.45. The highest BCUT2D eigenvalue weighted by molar-refractivity contribution is 5.56. The van der Waals surface area contributed by atoms with E-state index in [2.05, 4.69) is 36.3 Å². The zero-order valence-corrected chi connectivity index (χ0v) is 10.4. The van der Waals surface area contributed by atoms with Gasteiger partial charge in [-0.15, -0.1) is 0 Å². The summed E-state index contributed by atoms with van der Waals surface area (Å²) < 4.78 is 5.12. The van der Waals surface area contributed by atoms with Crippen molar-refractivity contribution in [2.24, 2.45) is 0 Å². The van der Waals surface area contributed by atoms with Crippen molar-refractivity contribution in [3.05, 3.63) is 42.1 Å². The van der Waals surface area contributed by atoms with Crippen molar-refractivity contribution in [2.45, 2.75) is 39.0 Å². The summed E-state index contributed by atoms with van der Waals surface area (Å²) in [5, 5.41) is 3.72. The molecule has 2 rings (SSSR count). The first kappa shape index (κ1) is 11.9. The summed E-state index contributed by atoms with van der Waals surface area (Å²) in [6, 6.07) is 10.5. The van der Waals surface area contributed by atoms with Gasteiger partial charge in [0.25, 0.3) is 0 Å². The fraction of sp³-hybridized carbons (Fsp3) is 0.400. The molecule has 1 aromatic heterocycles. The Labute approximate surface area is 103 Å². The third-order valence-electron chi connectivity index (χ3n) is 3.00. The number of hydrogen-bond acceptors (Lipinski definition) is 2. The van der Waals surface area contributed by atoms with Gasteiger partial charge in [-0.25, -0.2) is 0 Å². The minimum atomic E-state index is 0.836. The van der Waals surface area contributed by atoms with Crippen LogP contribution in [-0.2, 0) is 6.42 Å². The fourth-order valence-electron chi connectivity index (χ4n) is 1.96. The monoisotopic (exact) mass is 229 g/mol. The van der Waals surface area contributed by atoms with Crippen LogP contribution < -0.4 is 0 Å². The molecule has 0 aliphatic heterocycles. The van der Waals surface area contributed by atoms with Gasteiger partial charge in [-0.1, -0.05) is 55.6 Å². The Bertz CT molecular complexity index is 417. The Hall–Kier alpha value is -1.57. The molecular formula is C15H19NO. The van der Waals surface area contributed by atoms with E-state index in [0.717, 1.165) is 11.3 Å². The van der Waals surface area contributed by atoms with E-state index < -0.39 is 0 Å². The zero-order valence-electron chi connectivity index (χ0n) is 10.4. The lowest BCUT2D eigenvalue weighted by molar-refractivity contribution is 0.432. The Morgan fingerprint density at radius 2 is 1.82 bits per heavy atom. The predicted octanol–water partition coefficient (Wildman–Crippen LogP) is 4.46. The van der Waals surface area contributed by atoms with Crippen LogP contribution in [0.5, 0.6) is 0 Å². The zero-order chi connectivity index (χ0) is 11.9. The molecule has 0 unspecified atom stereocenters. The minimum Gasteiger partial charge on any atom is -0.356 e. The van der Waals surface area contributed by atoms with E-state index in [-0.39, 0.29) is 0 Å². The molecule has 0 saturated heterocycles. The molecular weight excluding hydrogens is 210 g/mol. The topological polar surface area (TPSA) is 26.0 Å². The molecule has 0 fully saturated rings. The van der Waals surface area contributed by atoms with Gasteiger partial charge in [0.15, 0.2) is 5.76 Å². The smallest absolute Gasteiger partial charge is 0.166 e. The van der Waals surface area contributed by atoms with Crippen LogP contribution in [0.2, 0.25) is 0 Å². The summed E-state index contributed by atoms with van der Waals surface area (Å²) in [6.45, 7) is 2.24. The second-order valence-electron chi connectivity index (χ2n) is 4.38. The quantitative estimate of drug-likeness (QED) is 0.683. The molecule has 0 amide bonds. The number of hydrogen-bond donors (Lipinski definition) is 0. The van der Waals surface area contributed by atoms with E-state index in [0.29, 0.717) is 0 Å². The van der Waals surface area contributed by atoms with Gasteiger partial charge in [0.05, 0.1) is 6.20 Å². The number of benzene rings is 1. The lowest BCUT2D eigenvalue weighted by Gasteiger charge is -2.02. The largest absolute Gasteiger partial charge is 0.356 e. The third-order valence-corrected chi connectivity index (χ3v) is 3.00. The first-order chi connectivity index (χ1) is 8.40. The second-order valence-corrected chi connectivity index (χ2v) is 4.38. The van der Waals surface area contributed by atoms with Crippen LogP contribution >= 0.6 is 0 Å². The van der Waals surface area contributed by atoms with E-state index in [9.17, 15) is 0 Å². The minimum absolute atomic E-state index is 0.836. The molecule has 17 heavy (non-hydrogen) atoms. The molecule has 90 valence electrons. The van der Waals surface area contributed by atoms with Crippen molar-refractivity contribution in [1.82, 2.24) is 5.16 Å². The lowest BCUT2D eigenvalue weighted by atomic mass is 10.0. The standard InChI is InChI=1S/C15H19NO/c1-2-3-4-5-6-13-7-9-14(10-8-13)15-11-12-16-17-15/h7-12H,2-6H2,1H3. The van der Waals surface area contributed by atoms with Crippen molar-refractivity contribution >= 4 is 0 Å². The molecule has 0 atom stereocenters. The van der Waals surface area contributed by atoms with Gasteiger partial charge in [-0.05, 0) is 18.4 Å². The molecule has 0 aliphatic carbocycles. The van der Waals surface area contributed by atoms with Crippen LogP contribution in [0.25, 0.3) is 11.3 Å². The molecule has 0 radical (unpaired) electrons. The lowest BCUT2D eigenvalue weighted by Crippen LogP contribution is -1.86. The van der Waals surface area contributed by atoms with E-state index in [1.165, 1.54) is 37.7 Å². The molecule has 0 N–H and O–H groups in total. The van der Waals surface area contributed by atoms with Crippen molar-refractivity contribution in [2.75, 3.05) is 0 Å². The van der Waals surface area contributed by atoms with Gasteiger partial charge in [-0.2, -0.15) is 0 Å². The first-order valence-corrected chi connectivity index (χ1v) is 6.40. The molecule has 0 saturated carbocycles. The Balaban J connectivity index is 1.90. The van der Waals surface area contributed by atoms with Crippen molar-refractivity contribution in [3.63, 3.8) is 0 Å². The fourth-order valence-corrected chi connectivity index (χ4v) is 1.96. The highest BCUT2D eigenvalue weighted by Gasteiger charge is 2.01. The van der Waals surface area contributed by atoms with Crippen LogP contribution in [0.4, 0.5) is 0 Å². The predicted molar refractivity (Wildman–Crippen MR) is 69.8 cm³/mol. The van der Waals surface area contributed by atoms with Gasteiger partial charge >= 0.3 is 0 Å². The normalized spacial score (nSPS) is 10.6. The molecule has 2 nitrogen and oxygen atoms in total. The molecule has 2 aromatic rings. The highest BCUT2D eigenvalue weighted by Crippen LogP contribution is 2.19. The van der Waals surface area contributed by atoms with Crippen molar-refractivity contribution in [1.29, 1.82) is 0 Å². The summed E-state index contributed by atoms with van der Waals surface area (Å²) in [7, 11) is 0. The average molecular weight is 229 g/mol. The summed E-state index contributed by atoms with van der Waals surface area (Å²) in [5.74, 6) is 0.836. The van der Waals surface area contributed by atoms with E-state index in [4.69, 9.17) is 4.52 Å². The van der Waals surface area contributed by atoms with Crippen molar-refractivity contribution in [3.8, 4) is 11.3 Å². The number of unbranched alkanes of at least 4 members (excludes halogenated alkanes) is 3. The maximum atomic E-state index is 5.12.